The zero-order valence-corrected chi connectivity index (χ0v) is 16.9. The molecule has 2 heterocycles. The second-order valence-corrected chi connectivity index (χ2v) is 7.69. The highest BCUT2D eigenvalue weighted by Crippen LogP contribution is 2.45. The molecular weight excluding hydrogens is 400 g/mol. The largest absolute Gasteiger partial charge is 0.504 e. The lowest BCUT2D eigenvalue weighted by molar-refractivity contribution is -0.127. The van der Waals surface area contributed by atoms with Crippen LogP contribution in [0.15, 0.2) is 64.5 Å². The third-order valence-corrected chi connectivity index (χ3v) is 5.91. The maximum absolute atomic E-state index is 13.1. The van der Waals surface area contributed by atoms with Gasteiger partial charge >= 0.3 is 0 Å². The molecule has 4 rings (SSSR count). The average molecular weight is 420 g/mol. The quantitative estimate of drug-likeness (QED) is 0.399. The monoisotopic (exact) mass is 420 g/mol. The smallest absolute Gasteiger partial charge is 0.267 e. The lowest BCUT2D eigenvalue weighted by Crippen LogP contribution is -2.47. The van der Waals surface area contributed by atoms with Gasteiger partial charge in [-0.25, -0.2) is 0 Å². The lowest BCUT2D eigenvalue weighted by atomic mass is 10.1. The molecule has 0 spiro atoms. The third-order valence-electron chi connectivity index (χ3n) is 4.96. The number of benzene rings is 2. The van der Waals surface area contributed by atoms with Gasteiger partial charge in [0.05, 0.1) is 5.70 Å². The van der Waals surface area contributed by atoms with Crippen molar-refractivity contribution in [1.82, 2.24) is 10.2 Å². The fraction of sp³-hybridized carbons (Fsp3) is 0.182. The number of hydrogen-bond acceptors (Lipinski definition) is 7. The Kier molecular flexibility index (Phi) is 5.65. The number of para-hydroxylation sites is 1. The first-order valence-electron chi connectivity index (χ1n) is 9.49. The number of nitriles is 1. The van der Waals surface area contributed by atoms with E-state index in [2.05, 4.69) is 11.4 Å². The van der Waals surface area contributed by atoms with Crippen molar-refractivity contribution >= 4 is 29.1 Å². The molecule has 1 saturated heterocycles. The third kappa shape index (κ3) is 3.73. The van der Waals surface area contributed by atoms with E-state index in [1.54, 1.807) is 11.0 Å². The number of anilines is 1. The Morgan fingerprint density at radius 2 is 1.80 bits per heavy atom. The summed E-state index contributed by atoms with van der Waals surface area (Å²) in [4.78, 5) is 16.6. The minimum atomic E-state index is -0.286. The predicted molar refractivity (Wildman–Crippen MR) is 116 cm³/mol. The van der Waals surface area contributed by atoms with Crippen molar-refractivity contribution in [2.45, 2.75) is 0 Å². The van der Waals surface area contributed by atoms with Crippen LogP contribution >= 0.6 is 11.8 Å². The molecule has 1 fully saturated rings. The molecule has 30 heavy (non-hydrogen) atoms. The van der Waals surface area contributed by atoms with Gasteiger partial charge in [0.2, 0.25) is 0 Å². The van der Waals surface area contributed by atoms with Crippen LogP contribution < -0.4 is 10.2 Å². The molecule has 0 saturated carbocycles. The van der Waals surface area contributed by atoms with Gasteiger partial charge in [-0.1, -0.05) is 30.0 Å². The molecule has 1 amide bonds. The molecule has 8 heteroatoms. The van der Waals surface area contributed by atoms with Gasteiger partial charge in [-0.2, -0.15) is 5.26 Å². The normalized spacial score (nSPS) is 18.0. The molecule has 2 aliphatic rings. The molecule has 0 unspecified atom stereocenters. The van der Waals surface area contributed by atoms with E-state index in [-0.39, 0.29) is 23.0 Å². The van der Waals surface area contributed by atoms with Gasteiger partial charge in [0.1, 0.15) is 16.7 Å². The summed E-state index contributed by atoms with van der Waals surface area (Å²) in [6, 6.07) is 16.1. The van der Waals surface area contributed by atoms with Crippen LogP contribution in [-0.2, 0) is 4.79 Å². The number of thioether (sulfide) groups is 1. The van der Waals surface area contributed by atoms with Crippen molar-refractivity contribution in [1.29, 1.82) is 5.26 Å². The van der Waals surface area contributed by atoms with Crippen molar-refractivity contribution < 1.29 is 15.0 Å². The standard InChI is InChI=1S/C22H20N4O3S/c23-13-17(21(29)25-10-8-24-9-11-25)22-26(16-4-2-1-3-5-16)18(14-30-22)15-6-7-19(27)20(28)12-15/h1-7,12,14,24,27-28H,8-11H2. The highest BCUT2D eigenvalue weighted by Gasteiger charge is 2.32. The van der Waals surface area contributed by atoms with Crippen LogP contribution in [0.2, 0.25) is 0 Å². The molecule has 3 N–H and O–H groups in total. The number of nitrogens with zero attached hydrogens (tertiary/aromatic N) is 3. The van der Waals surface area contributed by atoms with E-state index in [1.807, 2.05) is 40.6 Å². The van der Waals surface area contributed by atoms with Gasteiger partial charge in [0.25, 0.3) is 5.91 Å². The number of phenols is 2. The molecule has 0 atom stereocenters. The maximum atomic E-state index is 13.1. The topological polar surface area (TPSA) is 99.8 Å². The van der Waals surface area contributed by atoms with Gasteiger partial charge in [-0.3, -0.25) is 4.79 Å². The molecular formula is C22H20N4O3S. The zero-order valence-electron chi connectivity index (χ0n) is 16.1. The van der Waals surface area contributed by atoms with Crippen LogP contribution in [0, 0.1) is 11.3 Å². The number of nitrogens with one attached hydrogen (secondary N) is 1. The van der Waals surface area contributed by atoms with Crippen LogP contribution in [0.25, 0.3) is 5.70 Å². The van der Waals surface area contributed by atoms with Crippen LogP contribution in [0.4, 0.5) is 5.69 Å². The molecule has 0 bridgehead atoms. The van der Waals surface area contributed by atoms with Crippen molar-refractivity contribution in [2.24, 2.45) is 0 Å². The number of phenolic OH excluding ortho intramolecular Hbond substituents is 2. The number of rotatable bonds is 3. The number of amides is 1. The molecule has 2 aromatic carbocycles. The first kappa shape index (κ1) is 19.9. The number of hydrogen-bond donors (Lipinski definition) is 3. The van der Waals surface area contributed by atoms with Gasteiger partial charge in [0, 0.05) is 42.8 Å². The molecule has 0 aliphatic carbocycles. The summed E-state index contributed by atoms with van der Waals surface area (Å²) in [5.41, 5.74) is 2.23. The second kappa shape index (κ2) is 8.53. The van der Waals surface area contributed by atoms with Crippen LogP contribution in [-0.4, -0.2) is 47.2 Å². The zero-order chi connectivity index (χ0) is 21.1. The Morgan fingerprint density at radius 1 is 1.07 bits per heavy atom. The van der Waals surface area contributed by atoms with Crippen molar-refractivity contribution in [2.75, 3.05) is 31.1 Å². The highest BCUT2D eigenvalue weighted by molar-refractivity contribution is 8.06. The Morgan fingerprint density at radius 3 is 2.47 bits per heavy atom. The molecule has 2 aliphatic heterocycles. The van der Waals surface area contributed by atoms with Crippen molar-refractivity contribution in [3.05, 3.63) is 70.1 Å². The van der Waals surface area contributed by atoms with Crippen LogP contribution in [0.1, 0.15) is 5.56 Å². The predicted octanol–water partition coefficient (Wildman–Crippen LogP) is 2.82. The molecule has 0 radical (unpaired) electrons. The summed E-state index contributed by atoms with van der Waals surface area (Å²) in [6.45, 7) is 2.51. The highest BCUT2D eigenvalue weighted by atomic mass is 32.2. The summed E-state index contributed by atoms with van der Waals surface area (Å²) in [5, 5.41) is 35.1. The Hall–Kier alpha value is -3.41. The Bertz CT molecular complexity index is 1070. The van der Waals surface area contributed by atoms with E-state index < -0.39 is 0 Å². The average Bonchev–Trinajstić information content (AvgIpc) is 3.22. The number of carbonyl (C=O) groups excluding carboxylic acids is 1. The first-order valence-corrected chi connectivity index (χ1v) is 10.4. The summed E-state index contributed by atoms with van der Waals surface area (Å²) in [7, 11) is 0. The van der Waals surface area contributed by atoms with Crippen molar-refractivity contribution in [3.63, 3.8) is 0 Å². The fourth-order valence-electron chi connectivity index (χ4n) is 3.42. The van der Waals surface area contributed by atoms with Crippen LogP contribution in [0.3, 0.4) is 0 Å². The fourth-order valence-corrected chi connectivity index (χ4v) is 4.45. The second-order valence-electron chi connectivity index (χ2n) is 6.83. The van der Waals surface area contributed by atoms with E-state index in [0.717, 1.165) is 5.69 Å². The molecule has 0 aromatic heterocycles. The number of carbonyl (C=O) groups is 1. The molecule has 2 aromatic rings. The Balaban J connectivity index is 1.79. The summed E-state index contributed by atoms with van der Waals surface area (Å²) >= 11 is 1.30. The number of piperazine rings is 1. The molecule has 7 nitrogen and oxygen atoms in total. The maximum Gasteiger partial charge on any atom is 0.267 e. The summed E-state index contributed by atoms with van der Waals surface area (Å²) in [6.07, 6.45) is 0. The molecule has 152 valence electrons. The number of aromatic hydroxyl groups is 2. The van der Waals surface area contributed by atoms with E-state index in [4.69, 9.17) is 0 Å². The summed E-state index contributed by atoms with van der Waals surface area (Å²) < 4.78 is 0. The van der Waals surface area contributed by atoms with Crippen molar-refractivity contribution in [3.8, 4) is 17.6 Å². The first-order chi connectivity index (χ1) is 14.6. The van der Waals surface area contributed by atoms with Gasteiger partial charge in [0.15, 0.2) is 11.5 Å². The van der Waals surface area contributed by atoms with Gasteiger partial charge in [-0.15, -0.1) is 0 Å². The van der Waals surface area contributed by atoms with E-state index in [9.17, 15) is 20.3 Å². The van der Waals surface area contributed by atoms with Gasteiger partial charge in [-0.05, 0) is 30.3 Å². The van der Waals surface area contributed by atoms with Crippen LogP contribution in [0.5, 0.6) is 11.5 Å². The van der Waals surface area contributed by atoms with E-state index in [1.165, 1.54) is 23.9 Å². The van der Waals surface area contributed by atoms with E-state index >= 15 is 0 Å². The van der Waals surface area contributed by atoms with Gasteiger partial charge < -0.3 is 25.3 Å². The lowest BCUT2D eigenvalue weighted by Gasteiger charge is -2.29. The van der Waals surface area contributed by atoms with E-state index in [0.29, 0.717) is 42.5 Å². The Labute approximate surface area is 178 Å². The SMILES string of the molecule is N#CC(C(=O)N1CCNCC1)=C1SC=C(c2ccc(O)c(O)c2)N1c1ccccc1. The summed E-state index contributed by atoms with van der Waals surface area (Å²) in [5.74, 6) is -0.731. The minimum Gasteiger partial charge on any atom is -0.504 e. The minimum absolute atomic E-state index is 0.0833.